The molecule has 162 valence electrons. The van der Waals surface area contributed by atoms with E-state index < -0.39 is 0 Å². The van der Waals surface area contributed by atoms with Crippen LogP contribution in [0.1, 0.15) is 22.3 Å². The summed E-state index contributed by atoms with van der Waals surface area (Å²) in [5, 5.41) is 3.42. The van der Waals surface area contributed by atoms with Gasteiger partial charge in [0.2, 0.25) is 0 Å². The lowest BCUT2D eigenvalue weighted by Crippen LogP contribution is -2.43. The van der Waals surface area contributed by atoms with E-state index in [0.29, 0.717) is 18.7 Å². The van der Waals surface area contributed by atoms with E-state index in [1.54, 1.807) is 21.3 Å². The molecule has 30 heavy (non-hydrogen) atoms. The summed E-state index contributed by atoms with van der Waals surface area (Å²) in [6.45, 7) is 2.76. The summed E-state index contributed by atoms with van der Waals surface area (Å²) in [5.41, 5.74) is 4.20. The first-order valence-corrected chi connectivity index (χ1v) is 10.1. The van der Waals surface area contributed by atoms with Gasteiger partial charge in [0.05, 0.1) is 14.2 Å². The summed E-state index contributed by atoms with van der Waals surface area (Å²) in [4.78, 5) is 8.64. The van der Waals surface area contributed by atoms with Gasteiger partial charge < -0.3 is 24.6 Å². The zero-order valence-electron chi connectivity index (χ0n) is 18.5. The summed E-state index contributed by atoms with van der Waals surface area (Å²) in [6.07, 6.45) is 0.903. The van der Waals surface area contributed by atoms with Gasteiger partial charge in [0.25, 0.3) is 0 Å². The van der Waals surface area contributed by atoms with Crippen molar-refractivity contribution in [3.63, 3.8) is 0 Å². The minimum atomic E-state index is -0.172. The Morgan fingerprint density at radius 2 is 1.83 bits per heavy atom. The van der Waals surface area contributed by atoms with E-state index in [9.17, 15) is 4.39 Å². The number of guanidine groups is 1. The molecule has 0 bridgehead atoms. The van der Waals surface area contributed by atoms with E-state index in [1.807, 2.05) is 37.2 Å². The van der Waals surface area contributed by atoms with Gasteiger partial charge in [-0.15, -0.1) is 0 Å². The lowest BCUT2D eigenvalue weighted by Gasteiger charge is -2.32. The van der Waals surface area contributed by atoms with Crippen LogP contribution in [-0.2, 0) is 26.1 Å². The van der Waals surface area contributed by atoms with Crippen LogP contribution in [0.25, 0.3) is 0 Å². The van der Waals surface area contributed by atoms with E-state index in [2.05, 4.69) is 21.3 Å². The fraction of sp³-hybridized carbons (Fsp3) is 0.435. The molecule has 0 fully saturated rings. The minimum absolute atomic E-state index is 0.172. The molecule has 2 aromatic carbocycles. The highest BCUT2D eigenvalue weighted by atomic mass is 19.1. The third-order valence-electron chi connectivity index (χ3n) is 5.28. The number of ether oxygens (including phenoxy) is 2. The summed E-state index contributed by atoms with van der Waals surface area (Å²) in [7, 11) is 8.97. The first kappa shape index (κ1) is 21.9. The molecule has 1 aliphatic rings. The lowest BCUT2D eigenvalue weighted by molar-refractivity contribution is 0.346. The molecule has 0 aromatic heterocycles. The van der Waals surface area contributed by atoms with Gasteiger partial charge in [-0.25, -0.2) is 4.39 Å². The Labute approximate surface area is 178 Å². The number of aliphatic imine (C=N–C) groups is 1. The monoisotopic (exact) mass is 414 g/mol. The van der Waals surface area contributed by atoms with Crippen molar-refractivity contribution in [2.45, 2.75) is 26.1 Å². The van der Waals surface area contributed by atoms with Gasteiger partial charge in [-0.2, -0.15) is 0 Å². The molecule has 0 spiro atoms. The summed E-state index contributed by atoms with van der Waals surface area (Å²) in [5.74, 6) is 2.15. The lowest BCUT2D eigenvalue weighted by atomic mass is 9.99. The van der Waals surface area contributed by atoms with Crippen LogP contribution >= 0.6 is 0 Å². The molecule has 0 amide bonds. The third kappa shape index (κ3) is 5.02. The molecule has 1 aliphatic heterocycles. The van der Waals surface area contributed by atoms with E-state index in [0.717, 1.165) is 42.5 Å². The van der Waals surface area contributed by atoms with Gasteiger partial charge in [-0.1, -0.05) is 6.07 Å². The Morgan fingerprint density at radius 1 is 1.13 bits per heavy atom. The molecule has 1 N–H and O–H groups in total. The van der Waals surface area contributed by atoms with Gasteiger partial charge in [-0.3, -0.25) is 4.99 Å². The molecular weight excluding hydrogens is 383 g/mol. The Hall–Kier alpha value is -2.80. The van der Waals surface area contributed by atoms with Crippen LogP contribution < -0.4 is 14.8 Å². The van der Waals surface area contributed by atoms with Gasteiger partial charge in [-0.05, 0) is 61.5 Å². The van der Waals surface area contributed by atoms with Gasteiger partial charge in [0, 0.05) is 38.8 Å². The fourth-order valence-corrected chi connectivity index (χ4v) is 3.78. The molecular formula is C23H31FN4O2. The smallest absolute Gasteiger partial charge is 0.194 e. The molecule has 0 aliphatic carbocycles. The van der Waals surface area contributed by atoms with Crippen LogP contribution in [0.15, 0.2) is 35.3 Å². The first-order chi connectivity index (χ1) is 14.4. The second-order valence-electron chi connectivity index (χ2n) is 7.71. The van der Waals surface area contributed by atoms with Crippen molar-refractivity contribution in [2.75, 3.05) is 41.9 Å². The van der Waals surface area contributed by atoms with Gasteiger partial charge in [0.15, 0.2) is 17.5 Å². The number of nitrogens with zero attached hydrogens (tertiary/aromatic N) is 3. The molecule has 6 nitrogen and oxygen atoms in total. The topological polar surface area (TPSA) is 49.3 Å². The van der Waals surface area contributed by atoms with Crippen molar-refractivity contribution in [2.24, 2.45) is 4.99 Å². The highest BCUT2D eigenvalue weighted by molar-refractivity contribution is 5.80. The standard InChI is InChI=1S/C23H31FN4O2/c1-25-23(26-13-16-6-7-20(24)19(10-16)14-27(2)3)28-9-8-17-11-21(29-4)22(30-5)12-18(17)15-28/h6-7,10-12H,8-9,13-15H2,1-5H3,(H,25,26). The average molecular weight is 415 g/mol. The largest absolute Gasteiger partial charge is 0.493 e. The van der Waals surface area contributed by atoms with Crippen molar-refractivity contribution in [1.29, 1.82) is 0 Å². The molecule has 1 heterocycles. The van der Waals surface area contributed by atoms with E-state index in [1.165, 1.54) is 17.2 Å². The minimum Gasteiger partial charge on any atom is -0.493 e. The Kier molecular flexibility index (Phi) is 7.15. The number of fused-ring (bicyclic) bond motifs is 1. The van der Waals surface area contributed by atoms with Gasteiger partial charge >= 0.3 is 0 Å². The zero-order valence-corrected chi connectivity index (χ0v) is 18.5. The molecule has 0 saturated carbocycles. The number of benzene rings is 2. The second-order valence-corrected chi connectivity index (χ2v) is 7.71. The molecule has 0 radical (unpaired) electrons. The van der Waals surface area contributed by atoms with Crippen LogP contribution in [0.2, 0.25) is 0 Å². The van der Waals surface area contributed by atoms with E-state index in [-0.39, 0.29) is 5.82 Å². The molecule has 3 rings (SSSR count). The molecule has 0 unspecified atom stereocenters. The van der Waals surface area contributed by atoms with Gasteiger partial charge in [0.1, 0.15) is 5.82 Å². The maximum Gasteiger partial charge on any atom is 0.194 e. The van der Waals surface area contributed by atoms with Crippen LogP contribution in [0.3, 0.4) is 0 Å². The maximum atomic E-state index is 14.0. The van der Waals surface area contributed by atoms with Crippen LogP contribution in [-0.4, -0.2) is 57.7 Å². The van der Waals surface area contributed by atoms with Crippen molar-refractivity contribution < 1.29 is 13.9 Å². The Morgan fingerprint density at radius 3 is 2.47 bits per heavy atom. The number of nitrogens with one attached hydrogen (secondary N) is 1. The average Bonchev–Trinajstić information content (AvgIpc) is 2.74. The number of hydrogen-bond donors (Lipinski definition) is 1. The first-order valence-electron chi connectivity index (χ1n) is 10.1. The van der Waals surface area contributed by atoms with E-state index in [4.69, 9.17) is 9.47 Å². The summed E-state index contributed by atoms with van der Waals surface area (Å²) < 4.78 is 24.9. The highest BCUT2D eigenvalue weighted by Crippen LogP contribution is 2.33. The summed E-state index contributed by atoms with van der Waals surface area (Å²) >= 11 is 0. The van der Waals surface area contributed by atoms with Crippen molar-refractivity contribution >= 4 is 5.96 Å². The zero-order chi connectivity index (χ0) is 21.7. The number of methoxy groups -OCH3 is 2. The summed E-state index contributed by atoms with van der Waals surface area (Å²) in [6, 6.07) is 9.37. The number of halogens is 1. The quantitative estimate of drug-likeness (QED) is 0.582. The fourth-order valence-electron chi connectivity index (χ4n) is 3.78. The van der Waals surface area contributed by atoms with Crippen LogP contribution in [0.4, 0.5) is 4.39 Å². The van der Waals surface area contributed by atoms with Crippen molar-refractivity contribution in [3.8, 4) is 11.5 Å². The predicted molar refractivity (Wildman–Crippen MR) is 118 cm³/mol. The third-order valence-corrected chi connectivity index (χ3v) is 5.28. The molecule has 2 aromatic rings. The van der Waals surface area contributed by atoms with Crippen LogP contribution in [0, 0.1) is 5.82 Å². The number of rotatable bonds is 6. The SMILES string of the molecule is CN=C(NCc1ccc(F)c(CN(C)C)c1)N1CCc2cc(OC)c(OC)cc2C1. The van der Waals surface area contributed by atoms with Crippen LogP contribution in [0.5, 0.6) is 11.5 Å². The second kappa shape index (κ2) is 9.80. The van der Waals surface area contributed by atoms with E-state index >= 15 is 0 Å². The maximum absolute atomic E-state index is 14.0. The Bertz CT molecular complexity index is 914. The highest BCUT2D eigenvalue weighted by Gasteiger charge is 2.21. The molecule has 0 atom stereocenters. The van der Waals surface area contributed by atoms with Crippen molar-refractivity contribution in [1.82, 2.24) is 15.1 Å². The number of hydrogen-bond acceptors (Lipinski definition) is 4. The molecule has 0 saturated heterocycles. The Balaban J connectivity index is 1.69. The predicted octanol–water partition coefficient (Wildman–Crippen LogP) is 3.04. The normalized spacial score (nSPS) is 14.0. The molecule has 7 heteroatoms. The van der Waals surface area contributed by atoms with Crippen molar-refractivity contribution in [3.05, 3.63) is 58.4 Å².